The molecule has 2 N–H and O–H groups in total. The van der Waals surface area contributed by atoms with Gasteiger partial charge in [-0.25, -0.2) is 14.8 Å². The maximum Gasteiger partial charge on any atom is 0.344 e. The van der Waals surface area contributed by atoms with Crippen molar-refractivity contribution >= 4 is 39.1 Å². The second kappa shape index (κ2) is 9.43. The van der Waals surface area contributed by atoms with Crippen LogP contribution in [0.1, 0.15) is 59.2 Å². The Morgan fingerprint density at radius 2 is 1.87 bits per heavy atom. The summed E-state index contributed by atoms with van der Waals surface area (Å²) in [5.74, 6) is 0.861. The third-order valence-electron chi connectivity index (χ3n) is 5.36. The van der Waals surface area contributed by atoms with Crippen LogP contribution in [0.2, 0.25) is 0 Å². The Bertz CT molecular complexity index is 1110. The maximum absolute atomic E-state index is 12.1. The predicted octanol–water partition coefficient (Wildman–Crippen LogP) is 4.26. The molecule has 1 aliphatic carbocycles. The van der Waals surface area contributed by atoms with Gasteiger partial charge in [-0.15, -0.1) is 11.3 Å². The minimum Gasteiger partial charge on any atom is -0.482 e. The Morgan fingerprint density at radius 3 is 2.65 bits per heavy atom. The number of nitrogen functional groups attached to an aromatic ring is 1. The number of rotatable bonds is 7. The molecule has 4 rings (SSSR count). The highest BCUT2D eigenvalue weighted by atomic mass is 32.1. The van der Waals surface area contributed by atoms with Crippen molar-refractivity contribution in [3.05, 3.63) is 46.1 Å². The van der Waals surface area contributed by atoms with Gasteiger partial charge in [-0.05, 0) is 55.5 Å². The summed E-state index contributed by atoms with van der Waals surface area (Å²) in [6.45, 7) is 1.51. The van der Waals surface area contributed by atoms with Crippen molar-refractivity contribution in [3.8, 4) is 5.75 Å². The maximum atomic E-state index is 12.1. The second-order valence-corrected chi connectivity index (χ2v) is 8.60. The summed E-state index contributed by atoms with van der Waals surface area (Å²) < 4.78 is 10.7. The Kier molecular flexibility index (Phi) is 6.46. The molecule has 1 aromatic carbocycles. The number of hydrogen-bond acceptors (Lipinski definition) is 8. The number of benzene rings is 1. The number of carbonyl (C=O) groups is 2. The molecule has 2 heterocycles. The molecule has 2 aromatic heterocycles. The highest BCUT2D eigenvalue weighted by molar-refractivity contribution is 7.19. The highest BCUT2D eigenvalue weighted by Gasteiger charge is 2.19. The van der Waals surface area contributed by atoms with E-state index in [1.54, 1.807) is 35.6 Å². The lowest BCUT2D eigenvalue weighted by molar-refractivity contribution is -0.147. The van der Waals surface area contributed by atoms with Crippen molar-refractivity contribution < 1.29 is 19.1 Å². The van der Waals surface area contributed by atoms with Crippen LogP contribution in [0.4, 0.5) is 5.82 Å². The number of anilines is 1. The fraction of sp³-hybridized carbons (Fsp3) is 0.391. The minimum atomic E-state index is -0.530. The summed E-state index contributed by atoms with van der Waals surface area (Å²) in [4.78, 5) is 34.9. The Morgan fingerprint density at radius 1 is 1.10 bits per heavy atom. The molecule has 0 atom stereocenters. The van der Waals surface area contributed by atoms with E-state index in [0.29, 0.717) is 29.4 Å². The Hall–Kier alpha value is -3.00. The molecule has 8 heteroatoms. The van der Waals surface area contributed by atoms with E-state index in [0.717, 1.165) is 29.5 Å². The highest BCUT2D eigenvalue weighted by Crippen LogP contribution is 2.37. The molecular formula is C23H25N3O4S. The van der Waals surface area contributed by atoms with E-state index in [1.807, 2.05) is 6.92 Å². The van der Waals surface area contributed by atoms with E-state index in [4.69, 9.17) is 15.2 Å². The van der Waals surface area contributed by atoms with Crippen LogP contribution in [-0.4, -0.2) is 28.3 Å². The summed E-state index contributed by atoms with van der Waals surface area (Å²) in [6, 6.07) is 6.69. The average Bonchev–Trinajstić information content (AvgIpc) is 2.97. The molecule has 0 saturated carbocycles. The SMILES string of the molecule is CCC(=O)c1ccc(OCC(=O)OCc2nc(N)c3c4c(sc3n2)CCCCC4)cc1. The first-order chi connectivity index (χ1) is 15.0. The number of fused-ring (bicyclic) bond motifs is 3. The third-order valence-corrected chi connectivity index (χ3v) is 6.54. The molecule has 0 amide bonds. The molecule has 0 saturated heterocycles. The molecule has 0 aliphatic heterocycles. The largest absolute Gasteiger partial charge is 0.482 e. The van der Waals surface area contributed by atoms with Crippen molar-refractivity contribution in [3.63, 3.8) is 0 Å². The van der Waals surface area contributed by atoms with Gasteiger partial charge >= 0.3 is 5.97 Å². The van der Waals surface area contributed by atoms with Crippen LogP contribution in [0.3, 0.4) is 0 Å². The summed E-state index contributed by atoms with van der Waals surface area (Å²) in [7, 11) is 0. The van der Waals surface area contributed by atoms with E-state index in [1.165, 1.54) is 23.3 Å². The number of aryl methyl sites for hydroxylation is 2. The van der Waals surface area contributed by atoms with Gasteiger partial charge in [-0.1, -0.05) is 13.3 Å². The van der Waals surface area contributed by atoms with Gasteiger partial charge < -0.3 is 15.2 Å². The fourth-order valence-electron chi connectivity index (χ4n) is 3.74. The van der Waals surface area contributed by atoms with Gasteiger partial charge in [0.05, 0.1) is 5.39 Å². The van der Waals surface area contributed by atoms with Crippen molar-refractivity contribution in [2.45, 2.75) is 52.1 Å². The van der Waals surface area contributed by atoms with Crippen LogP contribution in [0, 0.1) is 0 Å². The van der Waals surface area contributed by atoms with Crippen molar-refractivity contribution in [1.29, 1.82) is 0 Å². The van der Waals surface area contributed by atoms with Gasteiger partial charge in [0.2, 0.25) is 0 Å². The molecular weight excluding hydrogens is 414 g/mol. The number of thiophene rings is 1. The third kappa shape index (κ3) is 4.85. The van der Waals surface area contributed by atoms with Gasteiger partial charge in [0.1, 0.15) is 16.4 Å². The molecule has 7 nitrogen and oxygen atoms in total. The lowest BCUT2D eigenvalue weighted by Gasteiger charge is -2.08. The van der Waals surface area contributed by atoms with Crippen LogP contribution >= 0.6 is 11.3 Å². The summed E-state index contributed by atoms with van der Waals surface area (Å²) >= 11 is 1.67. The number of nitrogens with two attached hydrogens (primary N) is 1. The van der Waals surface area contributed by atoms with Crippen LogP contribution in [0.15, 0.2) is 24.3 Å². The zero-order valence-corrected chi connectivity index (χ0v) is 18.3. The molecule has 0 bridgehead atoms. The van der Waals surface area contributed by atoms with E-state index in [9.17, 15) is 9.59 Å². The number of hydrogen-bond donors (Lipinski definition) is 1. The van der Waals surface area contributed by atoms with Gasteiger partial charge in [-0.2, -0.15) is 0 Å². The second-order valence-electron chi connectivity index (χ2n) is 7.52. The Labute approximate surface area is 184 Å². The fourth-order valence-corrected chi connectivity index (χ4v) is 5.03. The average molecular weight is 440 g/mol. The predicted molar refractivity (Wildman–Crippen MR) is 119 cm³/mol. The van der Waals surface area contributed by atoms with Crippen molar-refractivity contribution in [2.24, 2.45) is 0 Å². The van der Waals surface area contributed by atoms with E-state index >= 15 is 0 Å². The summed E-state index contributed by atoms with van der Waals surface area (Å²) in [5, 5.41) is 0.963. The van der Waals surface area contributed by atoms with Gasteiger partial charge in [0, 0.05) is 16.9 Å². The van der Waals surface area contributed by atoms with Gasteiger partial charge in [0.25, 0.3) is 0 Å². The molecule has 0 fully saturated rings. The lowest BCUT2D eigenvalue weighted by atomic mass is 10.1. The first-order valence-electron chi connectivity index (χ1n) is 10.5. The van der Waals surface area contributed by atoms with Crippen LogP contribution in [0.25, 0.3) is 10.2 Å². The summed E-state index contributed by atoms with van der Waals surface area (Å²) in [5.41, 5.74) is 8.14. The number of esters is 1. The van der Waals surface area contributed by atoms with E-state index < -0.39 is 5.97 Å². The zero-order chi connectivity index (χ0) is 21.8. The molecule has 3 aromatic rings. The number of ether oxygens (including phenoxy) is 2. The molecule has 0 radical (unpaired) electrons. The van der Waals surface area contributed by atoms with Crippen molar-refractivity contribution in [2.75, 3.05) is 12.3 Å². The van der Waals surface area contributed by atoms with Gasteiger partial charge in [0.15, 0.2) is 24.8 Å². The topological polar surface area (TPSA) is 104 Å². The summed E-state index contributed by atoms with van der Waals surface area (Å²) in [6.07, 6.45) is 6.11. The zero-order valence-electron chi connectivity index (χ0n) is 17.5. The molecule has 0 spiro atoms. The van der Waals surface area contributed by atoms with Crippen molar-refractivity contribution in [1.82, 2.24) is 9.97 Å². The smallest absolute Gasteiger partial charge is 0.344 e. The number of aromatic nitrogens is 2. The molecule has 1 aliphatic rings. The standard InChI is InChI=1S/C23H25N3O4S/c1-2-17(27)14-8-10-15(11-9-14)29-13-20(28)30-12-19-25-22(24)21-16-6-4-3-5-7-18(16)31-23(21)26-19/h8-11H,2-7,12-13H2,1H3,(H2,24,25,26). The number of Topliss-reactive ketones (excluding diaryl/α,β-unsaturated/α-hetero) is 1. The monoisotopic (exact) mass is 439 g/mol. The molecule has 162 valence electrons. The van der Waals surface area contributed by atoms with E-state index in [2.05, 4.69) is 9.97 Å². The quantitative estimate of drug-likeness (QED) is 0.333. The van der Waals surface area contributed by atoms with Crippen LogP contribution in [-0.2, 0) is 29.0 Å². The van der Waals surface area contributed by atoms with Crippen LogP contribution < -0.4 is 10.5 Å². The van der Waals surface area contributed by atoms with E-state index in [-0.39, 0.29) is 19.0 Å². The first-order valence-corrected chi connectivity index (χ1v) is 11.3. The Balaban J connectivity index is 1.35. The minimum absolute atomic E-state index is 0.0596. The first kappa shape index (κ1) is 21.2. The normalized spacial score (nSPS) is 13.5. The molecule has 31 heavy (non-hydrogen) atoms. The lowest BCUT2D eigenvalue weighted by Crippen LogP contribution is -2.16. The number of carbonyl (C=O) groups excluding carboxylic acids is 2. The number of ketones is 1. The molecule has 0 unspecified atom stereocenters. The number of nitrogens with zero attached hydrogens (tertiary/aromatic N) is 2. The van der Waals surface area contributed by atoms with Crippen LogP contribution in [0.5, 0.6) is 5.75 Å². The van der Waals surface area contributed by atoms with Gasteiger partial charge in [-0.3, -0.25) is 4.79 Å².